The molecule has 8 nitrogen and oxygen atoms in total. The molecule has 1 aliphatic heterocycles. The fourth-order valence-electron chi connectivity index (χ4n) is 3.97. The zero-order valence-corrected chi connectivity index (χ0v) is 20.1. The number of phenolic OH excluding ortho intramolecular Hbond substituents is 1. The van der Waals surface area contributed by atoms with Crippen LogP contribution in [-0.4, -0.2) is 35.9 Å². The summed E-state index contributed by atoms with van der Waals surface area (Å²) in [5, 5.41) is 20.3. The monoisotopic (exact) mass is 496 g/mol. The van der Waals surface area contributed by atoms with Crippen LogP contribution in [0.1, 0.15) is 24.0 Å². The molecular formula is C26H29ClN4O4. The number of anilines is 2. The molecule has 184 valence electrons. The number of hydrogen-bond donors (Lipinski definition) is 4. The third-order valence-corrected chi connectivity index (χ3v) is 5.97. The summed E-state index contributed by atoms with van der Waals surface area (Å²) in [5.74, 6) is 1.75. The number of aromatic hydroxyl groups is 1. The van der Waals surface area contributed by atoms with Crippen molar-refractivity contribution < 1.29 is 19.4 Å². The number of nitrogens with zero attached hydrogens (tertiary/aromatic N) is 1. The summed E-state index contributed by atoms with van der Waals surface area (Å²) in [4.78, 5) is 16.2. The zero-order valence-electron chi connectivity index (χ0n) is 19.3. The molecule has 2 aliphatic rings. The molecule has 1 aliphatic carbocycles. The van der Waals surface area contributed by atoms with Crippen LogP contribution in [0.5, 0.6) is 11.5 Å². The Balaban J connectivity index is 0.00000289. The molecule has 1 amide bonds. The Hall–Kier alpha value is -3.49. The van der Waals surface area contributed by atoms with Gasteiger partial charge in [-0.15, -0.1) is 12.4 Å². The number of fused-ring (bicyclic) bond motifs is 1. The lowest BCUT2D eigenvalue weighted by Gasteiger charge is -2.24. The first kappa shape index (κ1) is 24.6. The number of ether oxygens (including phenoxy) is 2. The average molecular weight is 497 g/mol. The van der Waals surface area contributed by atoms with Gasteiger partial charge < -0.3 is 25.2 Å². The molecule has 9 heteroatoms. The molecule has 0 bridgehead atoms. The maximum atomic E-state index is 11.7. The number of nitrogens with one attached hydrogen (secondary N) is 3. The highest BCUT2D eigenvalue weighted by Crippen LogP contribution is 2.44. The van der Waals surface area contributed by atoms with Crippen LogP contribution >= 0.6 is 12.4 Å². The van der Waals surface area contributed by atoms with Crippen LogP contribution in [0.15, 0.2) is 54.7 Å². The van der Waals surface area contributed by atoms with Crippen molar-refractivity contribution in [1.82, 2.24) is 10.3 Å². The Morgan fingerprint density at radius 3 is 2.74 bits per heavy atom. The standard InChI is InChI=1S/C26H28N4O4.ClH/c31-21-7-4-8-22(33-15-18-9-10-18)23(21)19-14-29-25-20(16-34-26(32)30-25)24(19)28-12-11-27-13-17-5-2-1-3-6-17;/h1-8,14,18,27,31H,9-13,15-16H2,(H2,28,29,30,32);1H. The van der Waals surface area contributed by atoms with Crippen LogP contribution in [0.25, 0.3) is 11.1 Å². The number of pyridine rings is 1. The molecule has 1 fully saturated rings. The second kappa shape index (κ2) is 11.3. The second-order valence-electron chi connectivity index (χ2n) is 8.57. The van der Waals surface area contributed by atoms with E-state index in [9.17, 15) is 9.90 Å². The minimum Gasteiger partial charge on any atom is -0.507 e. The summed E-state index contributed by atoms with van der Waals surface area (Å²) in [6, 6.07) is 15.5. The van der Waals surface area contributed by atoms with Crippen molar-refractivity contribution in [2.24, 2.45) is 5.92 Å². The Labute approximate surface area is 210 Å². The molecule has 5 rings (SSSR count). The first-order valence-corrected chi connectivity index (χ1v) is 11.6. The summed E-state index contributed by atoms with van der Waals surface area (Å²) in [5.41, 5.74) is 3.98. The fraction of sp³-hybridized carbons (Fsp3) is 0.308. The number of aromatic nitrogens is 1. The van der Waals surface area contributed by atoms with Crippen LogP contribution in [0.4, 0.5) is 16.3 Å². The Morgan fingerprint density at radius 1 is 1.11 bits per heavy atom. The molecule has 0 atom stereocenters. The van der Waals surface area contributed by atoms with Crippen LogP contribution in [0.2, 0.25) is 0 Å². The zero-order chi connectivity index (χ0) is 23.3. The lowest BCUT2D eigenvalue weighted by Crippen LogP contribution is -2.25. The predicted octanol–water partition coefficient (Wildman–Crippen LogP) is 4.93. The number of rotatable bonds is 10. The molecule has 4 N–H and O–H groups in total. The molecule has 0 unspecified atom stereocenters. The summed E-state index contributed by atoms with van der Waals surface area (Å²) < 4.78 is 11.3. The van der Waals surface area contributed by atoms with Gasteiger partial charge in [-0.3, -0.25) is 5.32 Å². The molecule has 0 spiro atoms. The maximum Gasteiger partial charge on any atom is 0.413 e. The van der Waals surface area contributed by atoms with Gasteiger partial charge in [0, 0.05) is 31.4 Å². The van der Waals surface area contributed by atoms with E-state index in [1.807, 2.05) is 24.3 Å². The van der Waals surface area contributed by atoms with Crippen LogP contribution in [-0.2, 0) is 17.9 Å². The lowest BCUT2D eigenvalue weighted by atomic mass is 10.00. The summed E-state index contributed by atoms with van der Waals surface area (Å²) in [7, 11) is 0. The number of halogens is 1. The average Bonchev–Trinajstić information content (AvgIpc) is 3.68. The van der Waals surface area contributed by atoms with Gasteiger partial charge in [-0.1, -0.05) is 36.4 Å². The number of carbonyl (C=O) groups is 1. The van der Waals surface area contributed by atoms with E-state index in [1.54, 1.807) is 18.3 Å². The highest BCUT2D eigenvalue weighted by Gasteiger charge is 2.27. The first-order valence-electron chi connectivity index (χ1n) is 11.6. The van der Waals surface area contributed by atoms with Gasteiger partial charge in [0.05, 0.1) is 23.4 Å². The van der Waals surface area contributed by atoms with Crippen LogP contribution in [0.3, 0.4) is 0 Å². The molecule has 35 heavy (non-hydrogen) atoms. The first-order chi connectivity index (χ1) is 16.7. The van der Waals surface area contributed by atoms with E-state index < -0.39 is 6.09 Å². The van der Waals surface area contributed by atoms with E-state index in [1.165, 1.54) is 18.4 Å². The Kier molecular flexibility index (Phi) is 7.94. The normalized spacial score (nSPS) is 14.2. The number of carbonyl (C=O) groups excluding carboxylic acids is 1. The van der Waals surface area contributed by atoms with Gasteiger partial charge in [-0.25, -0.2) is 9.78 Å². The van der Waals surface area contributed by atoms with Crippen molar-refractivity contribution >= 4 is 30.0 Å². The molecule has 0 radical (unpaired) electrons. The Bertz CT molecular complexity index is 1170. The highest BCUT2D eigenvalue weighted by atomic mass is 35.5. The molecule has 2 heterocycles. The summed E-state index contributed by atoms with van der Waals surface area (Å²) >= 11 is 0. The van der Waals surface area contributed by atoms with Gasteiger partial charge in [0.25, 0.3) is 0 Å². The highest BCUT2D eigenvalue weighted by molar-refractivity contribution is 5.93. The van der Waals surface area contributed by atoms with Gasteiger partial charge in [0.1, 0.15) is 23.9 Å². The van der Waals surface area contributed by atoms with E-state index in [0.717, 1.165) is 17.8 Å². The van der Waals surface area contributed by atoms with Gasteiger partial charge in [0.15, 0.2) is 0 Å². The van der Waals surface area contributed by atoms with E-state index in [2.05, 4.69) is 33.1 Å². The number of cyclic esters (lactones) is 1. The number of benzene rings is 2. The molecule has 3 aromatic rings. The third kappa shape index (κ3) is 5.96. The van der Waals surface area contributed by atoms with Crippen LogP contribution < -0.4 is 20.7 Å². The lowest BCUT2D eigenvalue weighted by molar-refractivity contribution is 0.151. The second-order valence-corrected chi connectivity index (χ2v) is 8.57. The predicted molar refractivity (Wildman–Crippen MR) is 137 cm³/mol. The van der Waals surface area contributed by atoms with Gasteiger partial charge in [0.2, 0.25) is 0 Å². The molecule has 1 aromatic heterocycles. The quantitative estimate of drug-likeness (QED) is 0.295. The molecule has 1 saturated carbocycles. The number of phenols is 1. The minimum atomic E-state index is -0.528. The third-order valence-electron chi connectivity index (χ3n) is 5.97. The number of amides is 1. The maximum absolute atomic E-state index is 11.7. The summed E-state index contributed by atoms with van der Waals surface area (Å²) in [6.45, 7) is 2.82. The van der Waals surface area contributed by atoms with Crippen LogP contribution in [0, 0.1) is 5.92 Å². The van der Waals surface area contributed by atoms with Gasteiger partial charge in [-0.2, -0.15) is 0 Å². The van der Waals surface area contributed by atoms with E-state index in [0.29, 0.717) is 48.3 Å². The number of hydrogen-bond acceptors (Lipinski definition) is 7. The van der Waals surface area contributed by atoms with E-state index in [4.69, 9.17) is 9.47 Å². The van der Waals surface area contributed by atoms with E-state index >= 15 is 0 Å². The van der Waals surface area contributed by atoms with Crippen molar-refractivity contribution in [2.45, 2.75) is 26.0 Å². The van der Waals surface area contributed by atoms with Crippen molar-refractivity contribution in [3.63, 3.8) is 0 Å². The molecule has 0 saturated heterocycles. The van der Waals surface area contributed by atoms with Crippen molar-refractivity contribution in [3.8, 4) is 22.6 Å². The molecular weight excluding hydrogens is 468 g/mol. The van der Waals surface area contributed by atoms with Gasteiger partial charge in [-0.05, 0) is 36.5 Å². The van der Waals surface area contributed by atoms with Crippen molar-refractivity contribution in [3.05, 3.63) is 65.9 Å². The van der Waals surface area contributed by atoms with Crippen molar-refractivity contribution in [1.29, 1.82) is 0 Å². The summed E-state index contributed by atoms with van der Waals surface area (Å²) in [6.07, 6.45) is 3.48. The topological polar surface area (TPSA) is 105 Å². The Morgan fingerprint density at radius 2 is 1.94 bits per heavy atom. The SMILES string of the molecule is Cl.O=C1Nc2ncc(-c3c(O)cccc3OCC3CC3)c(NCCNCc3ccccc3)c2CO1. The minimum absolute atomic E-state index is 0. The fourth-order valence-corrected chi connectivity index (χ4v) is 3.97. The van der Waals surface area contributed by atoms with Crippen molar-refractivity contribution in [2.75, 3.05) is 30.3 Å². The smallest absolute Gasteiger partial charge is 0.413 e. The van der Waals surface area contributed by atoms with E-state index in [-0.39, 0.29) is 24.8 Å². The molecule has 2 aromatic carbocycles. The largest absolute Gasteiger partial charge is 0.507 e. The van der Waals surface area contributed by atoms with Gasteiger partial charge >= 0.3 is 6.09 Å².